The molecule has 2 aromatic carbocycles. The van der Waals surface area contributed by atoms with E-state index in [1.807, 2.05) is 30.3 Å². The molecule has 1 aliphatic heterocycles. The lowest BCUT2D eigenvalue weighted by atomic mass is 10.1. The number of hydrogen-bond donors (Lipinski definition) is 2. The van der Waals surface area contributed by atoms with Crippen LogP contribution < -0.4 is 10.6 Å². The monoisotopic (exact) mass is 398 g/mol. The number of nitrogens with one attached hydrogen (secondary N) is 2. The van der Waals surface area contributed by atoms with E-state index < -0.39 is 16.9 Å². The van der Waals surface area contributed by atoms with Crippen LogP contribution in [0.5, 0.6) is 0 Å². The van der Waals surface area contributed by atoms with Crippen LogP contribution in [-0.2, 0) is 4.79 Å². The molecule has 1 heterocycles. The molecule has 7 heteroatoms. The van der Waals surface area contributed by atoms with Crippen molar-refractivity contribution in [2.24, 2.45) is 0 Å². The summed E-state index contributed by atoms with van der Waals surface area (Å²) in [5, 5.41) is 5.69. The van der Waals surface area contributed by atoms with Gasteiger partial charge in [0.2, 0.25) is 5.91 Å². The maximum atomic E-state index is 14.0. The maximum Gasteiger partial charge on any atom is 0.238 e. The van der Waals surface area contributed by atoms with E-state index in [0.29, 0.717) is 6.54 Å². The molecule has 1 aliphatic rings. The van der Waals surface area contributed by atoms with Crippen molar-refractivity contribution in [3.05, 3.63) is 65.7 Å². The van der Waals surface area contributed by atoms with E-state index in [2.05, 4.69) is 10.6 Å². The number of rotatable bonds is 6. The molecule has 0 aromatic heterocycles. The minimum Gasteiger partial charge on any atom is -0.353 e. The van der Waals surface area contributed by atoms with Gasteiger partial charge in [0.05, 0.1) is 0 Å². The van der Waals surface area contributed by atoms with Crippen LogP contribution in [0.1, 0.15) is 23.7 Å². The Morgan fingerprint density at radius 1 is 1.23 bits per heavy atom. The smallest absolute Gasteiger partial charge is 0.238 e. The summed E-state index contributed by atoms with van der Waals surface area (Å²) in [5.74, 6) is -1.46. The van der Waals surface area contributed by atoms with Gasteiger partial charge in [-0.25, -0.2) is 8.78 Å². The summed E-state index contributed by atoms with van der Waals surface area (Å²) in [6, 6.07) is 12.9. The lowest BCUT2D eigenvalue weighted by Crippen LogP contribution is -2.38. The largest absolute Gasteiger partial charge is 0.353 e. The van der Waals surface area contributed by atoms with Gasteiger partial charge in [0.1, 0.15) is 16.9 Å². The minimum absolute atomic E-state index is 0. The van der Waals surface area contributed by atoms with Crippen molar-refractivity contribution in [3.63, 3.8) is 0 Å². The first-order chi connectivity index (χ1) is 12.1. The zero-order valence-electron chi connectivity index (χ0n) is 14.1. The number of amides is 1. The van der Waals surface area contributed by atoms with Crippen LogP contribution in [0.25, 0.3) is 0 Å². The molecule has 0 spiro atoms. The molecule has 2 N–H and O–H groups in total. The molecule has 3 rings (SSSR count). The van der Waals surface area contributed by atoms with Crippen molar-refractivity contribution in [3.8, 4) is 0 Å². The molecule has 1 amide bonds. The zero-order chi connectivity index (χ0) is 17.6. The summed E-state index contributed by atoms with van der Waals surface area (Å²) >= 11 is 1.09. The third-order valence-electron chi connectivity index (χ3n) is 4.16. The molecule has 26 heavy (non-hydrogen) atoms. The fraction of sp³-hybridized carbons (Fsp3) is 0.316. The van der Waals surface area contributed by atoms with Gasteiger partial charge in [-0.3, -0.25) is 4.79 Å². The molecule has 3 nitrogen and oxygen atoms in total. The first kappa shape index (κ1) is 20.7. The Morgan fingerprint density at radius 2 is 2.00 bits per heavy atom. The van der Waals surface area contributed by atoms with E-state index in [1.165, 1.54) is 12.1 Å². The Morgan fingerprint density at radius 3 is 2.65 bits per heavy atom. The van der Waals surface area contributed by atoms with Gasteiger partial charge in [0.25, 0.3) is 0 Å². The van der Waals surface area contributed by atoms with Crippen LogP contribution in [0.2, 0.25) is 0 Å². The van der Waals surface area contributed by atoms with Gasteiger partial charge in [-0.05, 0) is 37.1 Å². The van der Waals surface area contributed by atoms with Crippen LogP contribution in [0.15, 0.2) is 53.4 Å². The summed E-state index contributed by atoms with van der Waals surface area (Å²) in [4.78, 5) is 13.0. The molecule has 0 aliphatic carbocycles. The van der Waals surface area contributed by atoms with E-state index in [1.54, 1.807) is 0 Å². The number of thioether (sulfide) groups is 1. The van der Waals surface area contributed by atoms with Crippen LogP contribution in [0, 0.1) is 11.6 Å². The maximum absolute atomic E-state index is 14.0. The third-order valence-corrected chi connectivity index (χ3v) is 5.47. The predicted octanol–water partition coefficient (Wildman–Crippen LogP) is 4.09. The zero-order valence-corrected chi connectivity index (χ0v) is 15.7. The fourth-order valence-electron chi connectivity index (χ4n) is 2.85. The van der Waals surface area contributed by atoms with Crippen LogP contribution in [-0.4, -0.2) is 25.0 Å². The van der Waals surface area contributed by atoms with Crippen LogP contribution >= 0.6 is 24.2 Å². The summed E-state index contributed by atoms with van der Waals surface area (Å²) in [6.45, 7) is 1.52. The van der Waals surface area contributed by atoms with Crippen LogP contribution in [0.4, 0.5) is 8.78 Å². The number of carbonyl (C=O) groups is 1. The van der Waals surface area contributed by atoms with E-state index >= 15 is 0 Å². The molecule has 1 saturated heterocycles. The molecule has 2 atom stereocenters. The Bertz CT molecular complexity index is 727. The Labute approximate surface area is 162 Å². The third kappa shape index (κ3) is 5.43. The summed E-state index contributed by atoms with van der Waals surface area (Å²) in [5.41, 5.74) is 0.785. The SMILES string of the molecule is Cl.O=C(NCC1CCCN1)C(Sc1ccc(F)cc1F)c1ccccc1. The van der Waals surface area contributed by atoms with Gasteiger partial charge in [-0.1, -0.05) is 30.3 Å². The average molecular weight is 399 g/mol. The topological polar surface area (TPSA) is 41.1 Å². The minimum atomic E-state index is -0.656. The van der Waals surface area contributed by atoms with E-state index in [9.17, 15) is 13.6 Å². The molecule has 0 radical (unpaired) electrons. The highest BCUT2D eigenvalue weighted by Crippen LogP contribution is 2.37. The lowest BCUT2D eigenvalue weighted by Gasteiger charge is -2.19. The molecular formula is C19H21ClF2N2OS. The highest BCUT2D eigenvalue weighted by atomic mass is 35.5. The van der Waals surface area contributed by atoms with Gasteiger partial charge in [0.15, 0.2) is 0 Å². The first-order valence-electron chi connectivity index (χ1n) is 8.31. The summed E-state index contributed by atoms with van der Waals surface area (Å²) in [7, 11) is 0. The van der Waals surface area contributed by atoms with Crippen molar-refractivity contribution in [1.82, 2.24) is 10.6 Å². The van der Waals surface area contributed by atoms with Gasteiger partial charge < -0.3 is 10.6 Å². The van der Waals surface area contributed by atoms with E-state index in [0.717, 1.165) is 42.8 Å². The molecule has 0 bridgehead atoms. The highest BCUT2D eigenvalue weighted by molar-refractivity contribution is 8.00. The fourth-order valence-corrected chi connectivity index (χ4v) is 3.90. The number of halogens is 3. The molecule has 0 saturated carbocycles. The molecule has 2 aromatic rings. The summed E-state index contributed by atoms with van der Waals surface area (Å²) < 4.78 is 27.1. The lowest BCUT2D eigenvalue weighted by molar-refractivity contribution is -0.120. The van der Waals surface area contributed by atoms with Gasteiger partial charge in [-0.15, -0.1) is 24.2 Å². The molecule has 2 unspecified atom stereocenters. The van der Waals surface area contributed by atoms with Gasteiger partial charge >= 0.3 is 0 Å². The number of carbonyl (C=O) groups excluding carboxylic acids is 1. The van der Waals surface area contributed by atoms with Crippen molar-refractivity contribution in [1.29, 1.82) is 0 Å². The predicted molar refractivity (Wildman–Crippen MR) is 103 cm³/mol. The van der Waals surface area contributed by atoms with Crippen molar-refractivity contribution >= 4 is 30.1 Å². The van der Waals surface area contributed by atoms with E-state index in [-0.39, 0.29) is 29.3 Å². The Kier molecular flexibility index (Phi) is 7.87. The quantitative estimate of drug-likeness (QED) is 0.720. The standard InChI is InChI=1S/C19H20F2N2OS.ClH/c20-14-8-9-17(16(21)11-14)25-18(13-5-2-1-3-6-13)19(24)23-12-15-7-4-10-22-15;/h1-3,5-6,8-9,11,15,18,22H,4,7,10,12H2,(H,23,24);1H. The van der Waals surface area contributed by atoms with E-state index in [4.69, 9.17) is 0 Å². The molecular weight excluding hydrogens is 378 g/mol. The Balaban J connectivity index is 0.00000243. The molecule has 140 valence electrons. The molecule has 1 fully saturated rings. The van der Waals surface area contributed by atoms with Crippen molar-refractivity contribution in [2.45, 2.75) is 29.0 Å². The first-order valence-corrected chi connectivity index (χ1v) is 9.19. The second-order valence-electron chi connectivity index (χ2n) is 6.02. The van der Waals surface area contributed by atoms with Gasteiger partial charge in [-0.2, -0.15) is 0 Å². The van der Waals surface area contributed by atoms with Crippen LogP contribution in [0.3, 0.4) is 0 Å². The van der Waals surface area contributed by atoms with Crippen molar-refractivity contribution in [2.75, 3.05) is 13.1 Å². The Hall–Kier alpha value is -1.63. The van der Waals surface area contributed by atoms with Gasteiger partial charge in [0, 0.05) is 23.5 Å². The normalized spacial score (nSPS) is 17.4. The van der Waals surface area contributed by atoms with Crippen molar-refractivity contribution < 1.29 is 13.6 Å². The second kappa shape index (κ2) is 9.90. The number of hydrogen-bond acceptors (Lipinski definition) is 3. The highest BCUT2D eigenvalue weighted by Gasteiger charge is 2.24. The number of benzene rings is 2. The summed E-state index contributed by atoms with van der Waals surface area (Å²) in [6.07, 6.45) is 2.15. The average Bonchev–Trinajstić information content (AvgIpc) is 3.13. The second-order valence-corrected chi connectivity index (χ2v) is 7.17.